The van der Waals surface area contributed by atoms with Crippen LogP contribution in [0.15, 0.2) is 78.9 Å². The number of amides is 1. The fourth-order valence-electron chi connectivity index (χ4n) is 1.97. The number of carbonyl (C=O) groups excluding carboxylic acids is 1. The molecule has 0 aromatic heterocycles. The van der Waals surface area contributed by atoms with Crippen LogP contribution in [-0.4, -0.2) is 17.9 Å². The van der Waals surface area contributed by atoms with Gasteiger partial charge in [0.1, 0.15) is 0 Å². The third-order valence-corrected chi connectivity index (χ3v) is 3.05. The van der Waals surface area contributed by atoms with Crippen molar-refractivity contribution in [2.75, 3.05) is 6.54 Å². The van der Waals surface area contributed by atoms with E-state index in [1.54, 1.807) is 4.90 Å². The van der Waals surface area contributed by atoms with E-state index in [0.29, 0.717) is 13.1 Å². The summed E-state index contributed by atoms with van der Waals surface area (Å²) in [7, 11) is 0. The molecule has 0 bridgehead atoms. The third kappa shape index (κ3) is 5.49. The molecule has 0 saturated carbocycles. The molecular weight excluding hydrogens is 258 g/mol. The van der Waals surface area contributed by atoms with Crippen LogP contribution in [0.4, 0.5) is 0 Å². The molecule has 0 atom stereocenters. The third-order valence-electron chi connectivity index (χ3n) is 3.05. The van der Waals surface area contributed by atoms with Crippen molar-refractivity contribution in [1.29, 1.82) is 0 Å². The van der Waals surface area contributed by atoms with Gasteiger partial charge in [-0.25, -0.2) is 0 Å². The maximum atomic E-state index is 11.1. The van der Waals surface area contributed by atoms with Gasteiger partial charge in [-0.05, 0) is 11.1 Å². The second-order valence-electron chi connectivity index (χ2n) is 4.72. The summed E-state index contributed by atoms with van der Waals surface area (Å²) in [5.41, 5.74) is 2.30. The first-order chi connectivity index (χ1) is 10.4. The van der Waals surface area contributed by atoms with Crippen molar-refractivity contribution >= 4 is 12.5 Å². The molecule has 1 amide bonds. The lowest BCUT2D eigenvalue weighted by Gasteiger charge is -2.14. The van der Waals surface area contributed by atoms with Crippen LogP contribution < -0.4 is 0 Å². The lowest BCUT2D eigenvalue weighted by Crippen LogP contribution is -2.21. The van der Waals surface area contributed by atoms with Crippen LogP contribution in [0.3, 0.4) is 0 Å². The maximum absolute atomic E-state index is 11.1. The van der Waals surface area contributed by atoms with E-state index < -0.39 is 0 Å². The molecule has 106 valence electrons. The molecule has 0 unspecified atom stereocenters. The van der Waals surface area contributed by atoms with Gasteiger partial charge in [-0.2, -0.15) is 0 Å². The lowest BCUT2D eigenvalue weighted by atomic mass is 10.2. The number of allylic oxidation sites excluding steroid dienone is 2. The molecule has 2 heteroatoms. The number of rotatable bonds is 7. The summed E-state index contributed by atoms with van der Waals surface area (Å²) in [4.78, 5) is 12.8. The van der Waals surface area contributed by atoms with E-state index >= 15 is 0 Å². The Morgan fingerprint density at radius 1 is 0.857 bits per heavy atom. The molecule has 2 aromatic rings. The van der Waals surface area contributed by atoms with Gasteiger partial charge >= 0.3 is 0 Å². The molecule has 2 rings (SSSR count). The first kappa shape index (κ1) is 14.8. The van der Waals surface area contributed by atoms with Crippen LogP contribution in [0.2, 0.25) is 0 Å². The Morgan fingerprint density at radius 2 is 1.52 bits per heavy atom. The Kier molecular flexibility index (Phi) is 6.01. The minimum Gasteiger partial charge on any atom is -0.337 e. The van der Waals surface area contributed by atoms with E-state index in [2.05, 4.69) is 12.1 Å². The molecule has 0 radical (unpaired) electrons. The van der Waals surface area contributed by atoms with Gasteiger partial charge < -0.3 is 4.90 Å². The van der Waals surface area contributed by atoms with Crippen LogP contribution in [-0.2, 0) is 11.3 Å². The van der Waals surface area contributed by atoms with E-state index in [1.165, 1.54) is 5.56 Å². The van der Waals surface area contributed by atoms with Crippen LogP contribution in [0.25, 0.3) is 6.08 Å². The maximum Gasteiger partial charge on any atom is 0.210 e. The monoisotopic (exact) mass is 277 g/mol. The molecule has 0 aliphatic heterocycles. The van der Waals surface area contributed by atoms with Gasteiger partial charge in [0.15, 0.2) is 0 Å². The average molecular weight is 277 g/mol. The number of hydrogen-bond donors (Lipinski definition) is 0. The molecule has 0 saturated heterocycles. The Labute approximate surface area is 126 Å². The molecule has 0 heterocycles. The highest BCUT2D eigenvalue weighted by molar-refractivity contribution is 5.51. The molecule has 0 aliphatic rings. The fourth-order valence-corrected chi connectivity index (χ4v) is 1.97. The minimum absolute atomic E-state index is 0.609. The normalized spacial score (nSPS) is 11.0. The quantitative estimate of drug-likeness (QED) is 0.555. The molecule has 0 fully saturated rings. The summed E-state index contributed by atoms with van der Waals surface area (Å²) < 4.78 is 0. The number of hydrogen-bond acceptors (Lipinski definition) is 1. The van der Waals surface area contributed by atoms with Crippen molar-refractivity contribution in [3.63, 3.8) is 0 Å². The second kappa shape index (κ2) is 8.54. The van der Waals surface area contributed by atoms with Crippen molar-refractivity contribution in [3.05, 3.63) is 90.0 Å². The zero-order chi connectivity index (χ0) is 14.8. The predicted octanol–water partition coefficient (Wildman–Crippen LogP) is 3.91. The van der Waals surface area contributed by atoms with Gasteiger partial charge in [0.2, 0.25) is 6.41 Å². The Bertz CT molecular complexity index is 587. The van der Waals surface area contributed by atoms with Crippen molar-refractivity contribution in [1.82, 2.24) is 4.90 Å². The fraction of sp³-hybridized carbons (Fsp3) is 0.105. The highest BCUT2D eigenvalue weighted by Crippen LogP contribution is 2.03. The zero-order valence-electron chi connectivity index (χ0n) is 11.9. The average Bonchev–Trinajstić information content (AvgIpc) is 2.55. The van der Waals surface area contributed by atoms with E-state index in [-0.39, 0.29) is 0 Å². The lowest BCUT2D eigenvalue weighted by molar-refractivity contribution is -0.118. The largest absolute Gasteiger partial charge is 0.337 e. The SMILES string of the molecule is O=CN(CC=CC=Cc1ccccc1)Cc1ccccc1. The Hall–Kier alpha value is -2.61. The van der Waals surface area contributed by atoms with Gasteiger partial charge in [-0.1, -0.05) is 85.0 Å². The summed E-state index contributed by atoms with van der Waals surface area (Å²) in [6, 6.07) is 20.1. The van der Waals surface area contributed by atoms with E-state index in [0.717, 1.165) is 12.0 Å². The molecule has 2 nitrogen and oxygen atoms in total. The van der Waals surface area contributed by atoms with Crippen LogP contribution in [0, 0.1) is 0 Å². The Balaban J connectivity index is 1.81. The molecule has 0 spiro atoms. The molecule has 0 N–H and O–H groups in total. The molecule has 0 aliphatic carbocycles. The smallest absolute Gasteiger partial charge is 0.210 e. The summed E-state index contributed by atoms with van der Waals surface area (Å²) in [5.74, 6) is 0. The van der Waals surface area contributed by atoms with E-state index in [1.807, 2.05) is 72.8 Å². The first-order valence-corrected chi connectivity index (χ1v) is 7.00. The van der Waals surface area contributed by atoms with E-state index in [4.69, 9.17) is 0 Å². The zero-order valence-corrected chi connectivity index (χ0v) is 11.9. The predicted molar refractivity (Wildman–Crippen MR) is 87.5 cm³/mol. The molecular formula is C19H19NO. The second-order valence-corrected chi connectivity index (χ2v) is 4.72. The summed E-state index contributed by atoms with van der Waals surface area (Å²) >= 11 is 0. The van der Waals surface area contributed by atoms with Gasteiger partial charge in [0.25, 0.3) is 0 Å². The topological polar surface area (TPSA) is 20.3 Å². The van der Waals surface area contributed by atoms with Gasteiger partial charge in [0.05, 0.1) is 0 Å². The van der Waals surface area contributed by atoms with Crippen molar-refractivity contribution in [2.45, 2.75) is 6.54 Å². The number of nitrogens with zero attached hydrogens (tertiary/aromatic N) is 1. The van der Waals surface area contributed by atoms with Gasteiger partial charge in [0, 0.05) is 13.1 Å². The Morgan fingerprint density at radius 3 is 2.19 bits per heavy atom. The summed E-state index contributed by atoms with van der Waals surface area (Å²) in [6.45, 7) is 1.24. The number of benzene rings is 2. The highest BCUT2D eigenvalue weighted by atomic mass is 16.1. The summed E-state index contributed by atoms with van der Waals surface area (Å²) in [6.07, 6.45) is 8.86. The van der Waals surface area contributed by atoms with Crippen LogP contribution in [0.1, 0.15) is 11.1 Å². The van der Waals surface area contributed by atoms with Gasteiger partial charge in [-0.3, -0.25) is 4.79 Å². The molecule has 2 aromatic carbocycles. The molecule has 21 heavy (non-hydrogen) atoms. The van der Waals surface area contributed by atoms with Gasteiger partial charge in [-0.15, -0.1) is 0 Å². The standard InChI is InChI=1S/C19H19NO/c21-17-20(16-19-13-6-2-7-14-19)15-9-3-8-12-18-10-4-1-5-11-18/h1-14,17H,15-16H2. The highest BCUT2D eigenvalue weighted by Gasteiger charge is 1.99. The number of carbonyl (C=O) groups is 1. The minimum atomic E-state index is 0.609. The van der Waals surface area contributed by atoms with Crippen molar-refractivity contribution in [3.8, 4) is 0 Å². The van der Waals surface area contributed by atoms with Crippen molar-refractivity contribution in [2.24, 2.45) is 0 Å². The van der Waals surface area contributed by atoms with Crippen LogP contribution in [0.5, 0.6) is 0 Å². The summed E-state index contributed by atoms with van der Waals surface area (Å²) in [5, 5.41) is 0. The van der Waals surface area contributed by atoms with E-state index in [9.17, 15) is 4.79 Å². The first-order valence-electron chi connectivity index (χ1n) is 7.00. The van der Waals surface area contributed by atoms with Crippen molar-refractivity contribution < 1.29 is 4.79 Å². The van der Waals surface area contributed by atoms with Crippen LogP contribution >= 0.6 is 0 Å².